The van der Waals surface area contributed by atoms with Gasteiger partial charge in [0.05, 0.1) is 0 Å². The van der Waals surface area contributed by atoms with E-state index < -0.39 is 0 Å². The number of rotatable bonds is 1. The molecule has 1 atom stereocenters. The van der Waals surface area contributed by atoms with Crippen LogP contribution in [0.1, 0.15) is 6.42 Å². The molecule has 0 aromatic carbocycles. The van der Waals surface area contributed by atoms with Crippen LogP contribution in [0.2, 0.25) is 0 Å². The van der Waals surface area contributed by atoms with Gasteiger partial charge in [-0.1, -0.05) is 22.0 Å². The monoisotopic (exact) mass is 314 g/mol. The number of alkyl halides is 1. The Morgan fingerprint density at radius 3 is 2.90 bits per heavy atom. The van der Waals surface area contributed by atoms with Crippen molar-refractivity contribution < 1.29 is 4.74 Å². The fourth-order valence-corrected chi connectivity index (χ4v) is 1.42. The Hall–Kier alpha value is 0.650. The predicted octanol–water partition coefficient (Wildman–Crippen LogP) is 3.00. The van der Waals surface area contributed by atoms with E-state index in [1.807, 2.05) is 6.08 Å². The van der Waals surface area contributed by atoms with E-state index >= 15 is 0 Å². The average Bonchev–Trinajstić information content (AvgIpc) is 1.96. The van der Waals surface area contributed by atoms with Crippen LogP contribution in [0, 0.1) is 0 Å². The molecule has 1 aliphatic carbocycles. The second-order valence-corrected chi connectivity index (χ2v) is 4.86. The summed E-state index contributed by atoms with van der Waals surface area (Å²) in [5.41, 5.74) is 0. The fraction of sp³-hybridized carbons (Fsp3) is 0.429. The summed E-state index contributed by atoms with van der Waals surface area (Å²) in [6.07, 6.45) is 7.11. The zero-order valence-electron chi connectivity index (χ0n) is 5.60. The summed E-state index contributed by atoms with van der Waals surface area (Å²) in [5, 5.41) is 0. The van der Waals surface area contributed by atoms with E-state index in [1.54, 1.807) is 7.11 Å². The normalized spacial score (nSPS) is 32.1. The predicted molar refractivity (Wildman–Crippen MR) is 54.5 cm³/mol. The molecular weight excluding hydrogens is 307 g/mol. The lowest BCUT2D eigenvalue weighted by molar-refractivity contribution is 0.128. The molecule has 0 fully saturated rings. The zero-order valence-corrected chi connectivity index (χ0v) is 9.35. The second kappa shape index (κ2) is 3.36. The molecule has 0 aromatic heterocycles. The van der Waals surface area contributed by atoms with Gasteiger partial charge in [-0.15, -0.1) is 0 Å². The van der Waals surface area contributed by atoms with Gasteiger partial charge in [0.1, 0.15) is 3.61 Å². The van der Waals surface area contributed by atoms with Crippen molar-refractivity contribution in [2.24, 2.45) is 0 Å². The smallest absolute Gasteiger partial charge is 0.140 e. The van der Waals surface area contributed by atoms with Crippen LogP contribution in [0.15, 0.2) is 22.7 Å². The maximum Gasteiger partial charge on any atom is 0.140 e. The van der Waals surface area contributed by atoms with E-state index in [0.717, 1.165) is 10.9 Å². The van der Waals surface area contributed by atoms with Crippen molar-refractivity contribution in [1.82, 2.24) is 0 Å². The Labute approximate surface area is 82.8 Å². The molecule has 1 unspecified atom stereocenters. The highest BCUT2D eigenvalue weighted by atomic mass is 127. The minimum absolute atomic E-state index is 0.116. The Morgan fingerprint density at radius 2 is 2.50 bits per heavy atom. The molecule has 0 aliphatic heterocycles. The van der Waals surface area contributed by atoms with E-state index in [1.165, 1.54) is 0 Å². The Kier molecular flexibility index (Phi) is 2.94. The molecule has 56 valence electrons. The third-order valence-corrected chi connectivity index (χ3v) is 3.23. The van der Waals surface area contributed by atoms with Crippen molar-refractivity contribution in [3.8, 4) is 0 Å². The van der Waals surface area contributed by atoms with E-state index in [4.69, 9.17) is 4.74 Å². The molecule has 0 bridgehead atoms. The maximum atomic E-state index is 5.26. The molecule has 1 aliphatic rings. The second-order valence-electron chi connectivity index (χ2n) is 2.12. The molecule has 1 nitrogen and oxygen atoms in total. The first-order valence-electron chi connectivity index (χ1n) is 2.95. The topological polar surface area (TPSA) is 9.23 Å². The van der Waals surface area contributed by atoms with Gasteiger partial charge in [0.15, 0.2) is 0 Å². The number of methoxy groups -OCH3 is 1. The SMILES string of the molecule is COC1(I)C=CC(Br)=CC1. The molecular formula is C7H8BrIO. The first-order chi connectivity index (χ1) is 4.66. The lowest BCUT2D eigenvalue weighted by atomic mass is 10.1. The third-order valence-electron chi connectivity index (χ3n) is 1.41. The van der Waals surface area contributed by atoms with Crippen LogP contribution in [0.5, 0.6) is 0 Å². The first-order valence-corrected chi connectivity index (χ1v) is 4.82. The van der Waals surface area contributed by atoms with Crippen molar-refractivity contribution in [1.29, 1.82) is 0 Å². The van der Waals surface area contributed by atoms with Crippen LogP contribution in [0.3, 0.4) is 0 Å². The Balaban J connectivity index is 2.67. The van der Waals surface area contributed by atoms with Gasteiger partial charge in [0.25, 0.3) is 0 Å². The lowest BCUT2D eigenvalue weighted by Crippen LogP contribution is -2.20. The third kappa shape index (κ3) is 2.07. The number of hydrogen-bond acceptors (Lipinski definition) is 1. The van der Waals surface area contributed by atoms with Gasteiger partial charge in [-0.2, -0.15) is 0 Å². The minimum Gasteiger partial charge on any atom is -0.364 e. The van der Waals surface area contributed by atoms with Crippen LogP contribution in [0.4, 0.5) is 0 Å². The summed E-state index contributed by atoms with van der Waals surface area (Å²) in [7, 11) is 1.73. The molecule has 1 rings (SSSR count). The average molecular weight is 315 g/mol. The molecule has 0 saturated carbocycles. The van der Waals surface area contributed by atoms with Gasteiger partial charge in [0, 0.05) is 18.0 Å². The lowest BCUT2D eigenvalue weighted by Gasteiger charge is -2.22. The van der Waals surface area contributed by atoms with E-state index in [0.29, 0.717) is 0 Å². The van der Waals surface area contributed by atoms with Crippen molar-refractivity contribution in [2.75, 3.05) is 7.11 Å². The molecule has 0 heterocycles. The summed E-state index contributed by atoms with van der Waals surface area (Å²) < 4.78 is 6.28. The summed E-state index contributed by atoms with van der Waals surface area (Å²) >= 11 is 5.67. The molecule has 0 amide bonds. The number of halogens is 2. The van der Waals surface area contributed by atoms with Gasteiger partial charge < -0.3 is 4.74 Å². The van der Waals surface area contributed by atoms with Crippen LogP contribution in [0.25, 0.3) is 0 Å². The van der Waals surface area contributed by atoms with Gasteiger partial charge in [-0.05, 0) is 34.7 Å². The highest BCUT2D eigenvalue weighted by molar-refractivity contribution is 14.1. The zero-order chi connectivity index (χ0) is 7.61. The molecule has 0 spiro atoms. The summed E-state index contributed by atoms with van der Waals surface area (Å²) in [5.74, 6) is 0. The van der Waals surface area contributed by atoms with Crippen LogP contribution in [-0.2, 0) is 4.74 Å². The molecule has 0 N–H and O–H groups in total. The largest absolute Gasteiger partial charge is 0.364 e. The van der Waals surface area contributed by atoms with Crippen LogP contribution in [-0.4, -0.2) is 10.7 Å². The highest BCUT2D eigenvalue weighted by Crippen LogP contribution is 2.32. The number of hydrogen-bond donors (Lipinski definition) is 0. The maximum absolute atomic E-state index is 5.26. The van der Waals surface area contributed by atoms with Crippen molar-refractivity contribution in [2.45, 2.75) is 10.0 Å². The van der Waals surface area contributed by atoms with Gasteiger partial charge >= 0.3 is 0 Å². The van der Waals surface area contributed by atoms with E-state index in [2.05, 4.69) is 50.7 Å². The van der Waals surface area contributed by atoms with E-state index in [-0.39, 0.29) is 3.61 Å². The fourth-order valence-electron chi connectivity index (χ4n) is 0.728. The summed E-state index contributed by atoms with van der Waals surface area (Å²) in [4.78, 5) is 0. The number of ether oxygens (including phenoxy) is 1. The van der Waals surface area contributed by atoms with Crippen LogP contribution < -0.4 is 0 Å². The Morgan fingerprint density at radius 1 is 1.80 bits per heavy atom. The molecule has 0 aromatic rings. The molecule has 10 heavy (non-hydrogen) atoms. The highest BCUT2D eigenvalue weighted by Gasteiger charge is 2.22. The quantitative estimate of drug-likeness (QED) is 0.534. The van der Waals surface area contributed by atoms with Gasteiger partial charge in [-0.3, -0.25) is 0 Å². The van der Waals surface area contributed by atoms with Gasteiger partial charge in [-0.25, -0.2) is 0 Å². The van der Waals surface area contributed by atoms with Crippen molar-refractivity contribution in [3.63, 3.8) is 0 Å². The Bertz CT molecular complexity index is 188. The van der Waals surface area contributed by atoms with E-state index in [9.17, 15) is 0 Å². The van der Waals surface area contributed by atoms with Crippen molar-refractivity contribution >= 4 is 38.5 Å². The molecule has 0 saturated heterocycles. The van der Waals surface area contributed by atoms with Crippen molar-refractivity contribution in [3.05, 3.63) is 22.7 Å². The first kappa shape index (κ1) is 8.74. The molecule has 0 radical (unpaired) electrons. The van der Waals surface area contributed by atoms with Crippen LogP contribution >= 0.6 is 38.5 Å². The van der Waals surface area contributed by atoms with Gasteiger partial charge in [0.2, 0.25) is 0 Å². The summed E-state index contributed by atoms with van der Waals surface area (Å²) in [6, 6.07) is 0. The standard InChI is InChI=1S/C7H8BrIO/c1-10-7(9)4-2-6(8)3-5-7/h2-4H,5H2,1H3. The summed E-state index contributed by atoms with van der Waals surface area (Å²) in [6.45, 7) is 0. The molecule has 3 heteroatoms. The minimum atomic E-state index is -0.116. The number of allylic oxidation sites excluding steroid dienone is 2.